The van der Waals surface area contributed by atoms with Gasteiger partial charge in [-0.2, -0.15) is 10.4 Å². The Hall–Kier alpha value is -1.93. The summed E-state index contributed by atoms with van der Waals surface area (Å²) in [6, 6.07) is 9.44. The Morgan fingerprint density at radius 2 is 2.24 bits per heavy atom. The predicted molar refractivity (Wildman–Crippen MR) is 67.6 cm³/mol. The minimum Gasteiger partial charge on any atom is -0.272 e. The molecule has 2 rings (SSSR count). The first kappa shape index (κ1) is 11.6. The largest absolute Gasteiger partial charge is 0.272 e. The first-order valence-corrected chi connectivity index (χ1v) is 5.72. The molecule has 0 aliphatic heterocycles. The van der Waals surface area contributed by atoms with E-state index in [-0.39, 0.29) is 5.92 Å². The number of nitrogens with zero attached hydrogens (tertiary/aromatic N) is 3. The van der Waals surface area contributed by atoms with Gasteiger partial charge in [-0.25, -0.2) is 0 Å². The zero-order valence-electron chi connectivity index (χ0n) is 9.64. The Morgan fingerprint density at radius 1 is 1.47 bits per heavy atom. The maximum absolute atomic E-state index is 8.90. The average molecular weight is 244 g/mol. The van der Waals surface area contributed by atoms with E-state index >= 15 is 0 Å². The van der Waals surface area contributed by atoms with E-state index in [2.05, 4.69) is 30.1 Å². The van der Waals surface area contributed by atoms with E-state index in [4.69, 9.17) is 17.5 Å². The van der Waals surface area contributed by atoms with Crippen LogP contribution < -0.4 is 0 Å². The molecule has 0 saturated carbocycles. The van der Waals surface area contributed by atoms with Crippen molar-refractivity contribution in [3.8, 4) is 11.8 Å². The lowest BCUT2D eigenvalue weighted by atomic mass is 10.2. The molecule has 0 aliphatic rings. The molecular formula is C12H12N4S. The van der Waals surface area contributed by atoms with Crippen molar-refractivity contribution < 1.29 is 0 Å². The standard InChI is InChI=1S/C12H12N4S/c1-8(2)11-14-15-12(17)16(11)10-5-3-4-9(6-10)7-13/h3-6,8H,1-2H3,(H,15,17). The van der Waals surface area contributed by atoms with Gasteiger partial charge in [0.15, 0.2) is 4.77 Å². The van der Waals surface area contributed by atoms with Crippen LogP contribution in [0.3, 0.4) is 0 Å². The number of H-pyrrole nitrogens is 1. The van der Waals surface area contributed by atoms with E-state index in [0.717, 1.165) is 11.5 Å². The lowest BCUT2D eigenvalue weighted by Gasteiger charge is -2.09. The Balaban J connectivity index is 2.64. The van der Waals surface area contributed by atoms with Crippen molar-refractivity contribution in [3.05, 3.63) is 40.4 Å². The van der Waals surface area contributed by atoms with E-state index in [1.54, 1.807) is 12.1 Å². The molecule has 1 N–H and O–H groups in total. The summed E-state index contributed by atoms with van der Waals surface area (Å²) in [5, 5.41) is 15.9. The van der Waals surface area contributed by atoms with E-state index < -0.39 is 0 Å². The van der Waals surface area contributed by atoms with E-state index in [9.17, 15) is 0 Å². The third-order valence-corrected chi connectivity index (χ3v) is 2.72. The summed E-state index contributed by atoms with van der Waals surface area (Å²) in [5.41, 5.74) is 1.48. The summed E-state index contributed by atoms with van der Waals surface area (Å²) < 4.78 is 2.41. The average Bonchev–Trinajstić information content (AvgIpc) is 2.71. The third kappa shape index (κ3) is 2.12. The van der Waals surface area contributed by atoms with Gasteiger partial charge in [0.2, 0.25) is 0 Å². The second kappa shape index (κ2) is 4.52. The van der Waals surface area contributed by atoms with Crippen LogP contribution in [-0.2, 0) is 0 Å². The van der Waals surface area contributed by atoms with Crippen molar-refractivity contribution >= 4 is 12.2 Å². The number of aromatic nitrogens is 3. The van der Waals surface area contributed by atoms with Gasteiger partial charge in [-0.15, -0.1) is 0 Å². The second-order valence-electron chi connectivity index (χ2n) is 4.04. The van der Waals surface area contributed by atoms with Gasteiger partial charge in [0.1, 0.15) is 5.82 Å². The molecule has 86 valence electrons. The number of hydrogen-bond acceptors (Lipinski definition) is 3. The Labute approximate surface area is 105 Å². The maximum atomic E-state index is 8.90. The molecule has 0 unspecified atom stereocenters. The topological polar surface area (TPSA) is 57.4 Å². The number of nitrogens with one attached hydrogen (secondary N) is 1. The zero-order chi connectivity index (χ0) is 12.4. The fourth-order valence-corrected chi connectivity index (χ4v) is 1.91. The molecule has 0 saturated heterocycles. The van der Waals surface area contributed by atoms with Crippen LogP contribution in [0.5, 0.6) is 0 Å². The minimum absolute atomic E-state index is 0.258. The highest BCUT2D eigenvalue weighted by molar-refractivity contribution is 7.71. The quantitative estimate of drug-likeness (QED) is 0.826. The SMILES string of the molecule is CC(C)c1n[nH]c(=S)n1-c1cccc(C#N)c1. The normalized spacial score (nSPS) is 10.5. The molecule has 0 spiro atoms. The Bertz CT molecular complexity index is 630. The van der Waals surface area contributed by atoms with Crippen LogP contribution in [-0.4, -0.2) is 14.8 Å². The van der Waals surface area contributed by atoms with Gasteiger partial charge in [-0.3, -0.25) is 9.67 Å². The summed E-state index contributed by atoms with van der Waals surface area (Å²) in [7, 11) is 0. The summed E-state index contributed by atoms with van der Waals surface area (Å²) in [5.74, 6) is 1.12. The Morgan fingerprint density at radius 3 is 2.88 bits per heavy atom. The van der Waals surface area contributed by atoms with Crippen LogP contribution in [0.15, 0.2) is 24.3 Å². The molecular weight excluding hydrogens is 232 g/mol. The van der Waals surface area contributed by atoms with Gasteiger partial charge < -0.3 is 0 Å². The first-order chi connectivity index (χ1) is 8.13. The predicted octanol–water partition coefficient (Wildman–Crippen LogP) is 2.92. The summed E-state index contributed by atoms with van der Waals surface area (Å²) in [6.45, 7) is 4.10. The van der Waals surface area contributed by atoms with Crippen LogP contribution >= 0.6 is 12.2 Å². The zero-order valence-corrected chi connectivity index (χ0v) is 10.5. The van der Waals surface area contributed by atoms with Crippen molar-refractivity contribution in [1.82, 2.24) is 14.8 Å². The molecule has 0 aliphatic carbocycles. The summed E-state index contributed by atoms with van der Waals surface area (Å²) >= 11 is 5.22. The fourth-order valence-electron chi connectivity index (χ4n) is 1.66. The second-order valence-corrected chi connectivity index (χ2v) is 4.43. The molecule has 1 aromatic heterocycles. The smallest absolute Gasteiger partial charge is 0.199 e. The monoisotopic (exact) mass is 244 g/mol. The van der Waals surface area contributed by atoms with Gasteiger partial charge in [-0.1, -0.05) is 19.9 Å². The molecule has 0 radical (unpaired) electrons. The highest BCUT2D eigenvalue weighted by Gasteiger charge is 2.11. The van der Waals surface area contributed by atoms with Gasteiger partial charge >= 0.3 is 0 Å². The van der Waals surface area contributed by atoms with Crippen LogP contribution in [0.4, 0.5) is 0 Å². The molecule has 1 heterocycles. The van der Waals surface area contributed by atoms with E-state index in [1.807, 2.05) is 16.7 Å². The van der Waals surface area contributed by atoms with Gasteiger partial charge in [0.25, 0.3) is 0 Å². The van der Waals surface area contributed by atoms with Gasteiger partial charge in [0, 0.05) is 5.92 Å². The number of nitriles is 1. The molecule has 0 fully saturated rings. The summed E-state index contributed by atoms with van der Waals surface area (Å²) in [4.78, 5) is 0. The lowest BCUT2D eigenvalue weighted by Crippen LogP contribution is -2.03. The Kier molecular flexibility index (Phi) is 3.07. The molecule has 17 heavy (non-hydrogen) atoms. The molecule has 0 atom stereocenters. The highest BCUT2D eigenvalue weighted by Crippen LogP contribution is 2.18. The summed E-state index contributed by atoms with van der Waals surface area (Å²) in [6.07, 6.45) is 0. The number of benzene rings is 1. The number of aromatic amines is 1. The third-order valence-electron chi connectivity index (χ3n) is 2.45. The number of rotatable bonds is 2. The molecule has 0 bridgehead atoms. The molecule has 2 aromatic rings. The number of hydrogen-bond donors (Lipinski definition) is 1. The van der Waals surface area contributed by atoms with Crippen molar-refractivity contribution in [2.24, 2.45) is 0 Å². The lowest BCUT2D eigenvalue weighted by molar-refractivity contribution is 0.744. The van der Waals surface area contributed by atoms with Crippen LogP contribution in [0, 0.1) is 16.1 Å². The van der Waals surface area contributed by atoms with Crippen molar-refractivity contribution in [2.45, 2.75) is 19.8 Å². The van der Waals surface area contributed by atoms with Crippen LogP contribution in [0.1, 0.15) is 31.2 Å². The fraction of sp³-hybridized carbons (Fsp3) is 0.250. The minimum atomic E-state index is 0.258. The molecule has 4 nitrogen and oxygen atoms in total. The van der Waals surface area contributed by atoms with Crippen molar-refractivity contribution in [2.75, 3.05) is 0 Å². The van der Waals surface area contributed by atoms with Gasteiger partial charge in [-0.05, 0) is 30.4 Å². The molecule has 0 amide bonds. The van der Waals surface area contributed by atoms with Crippen LogP contribution in [0.25, 0.3) is 5.69 Å². The highest BCUT2D eigenvalue weighted by atomic mass is 32.1. The maximum Gasteiger partial charge on any atom is 0.199 e. The van der Waals surface area contributed by atoms with Crippen LogP contribution in [0.2, 0.25) is 0 Å². The van der Waals surface area contributed by atoms with Crippen molar-refractivity contribution in [1.29, 1.82) is 5.26 Å². The first-order valence-electron chi connectivity index (χ1n) is 5.31. The van der Waals surface area contributed by atoms with E-state index in [1.165, 1.54) is 0 Å². The van der Waals surface area contributed by atoms with Gasteiger partial charge in [0.05, 0.1) is 17.3 Å². The van der Waals surface area contributed by atoms with Crippen molar-refractivity contribution in [3.63, 3.8) is 0 Å². The molecule has 5 heteroatoms. The molecule has 1 aromatic carbocycles. The van der Waals surface area contributed by atoms with E-state index in [0.29, 0.717) is 10.3 Å².